The molecule has 0 bridgehead atoms. The number of hydrogen-bond donors (Lipinski definition) is 3. The van der Waals surface area contributed by atoms with Crippen molar-refractivity contribution in [2.75, 3.05) is 22.8 Å². The van der Waals surface area contributed by atoms with Gasteiger partial charge < -0.3 is 10.7 Å². The molecule has 1 atom stereocenters. The predicted molar refractivity (Wildman–Crippen MR) is 91.4 cm³/mol. The van der Waals surface area contributed by atoms with Crippen LogP contribution in [0, 0.1) is 0 Å². The van der Waals surface area contributed by atoms with E-state index in [-0.39, 0.29) is 0 Å². The van der Waals surface area contributed by atoms with Crippen molar-refractivity contribution in [3.8, 4) is 11.4 Å². The van der Waals surface area contributed by atoms with E-state index in [0.29, 0.717) is 17.7 Å². The molecule has 2 rings (SSSR count). The topological polar surface area (TPSA) is 75.9 Å². The van der Waals surface area contributed by atoms with Gasteiger partial charge in [-0.05, 0) is 12.7 Å². The molecule has 0 aliphatic heterocycles. The lowest BCUT2D eigenvalue weighted by Gasteiger charge is -2.17. The molecule has 1 aromatic heterocycles. The molecule has 1 aromatic carbocycles. The highest BCUT2D eigenvalue weighted by Gasteiger charge is 2.10. The third kappa shape index (κ3) is 4.34. The molecule has 2 aromatic rings. The highest BCUT2D eigenvalue weighted by molar-refractivity contribution is 7.98. The summed E-state index contributed by atoms with van der Waals surface area (Å²) in [6.45, 7) is 2.16. The van der Waals surface area contributed by atoms with E-state index in [1.807, 2.05) is 48.2 Å². The molecule has 0 amide bonds. The van der Waals surface area contributed by atoms with E-state index in [4.69, 9.17) is 5.84 Å². The molecular formula is C15H21N5S. The van der Waals surface area contributed by atoms with Crippen molar-refractivity contribution in [1.82, 2.24) is 9.97 Å². The van der Waals surface area contributed by atoms with Crippen molar-refractivity contribution in [2.45, 2.75) is 19.4 Å². The number of aromatic nitrogens is 2. The number of hydrogen-bond acceptors (Lipinski definition) is 6. The molecule has 6 heteroatoms. The van der Waals surface area contributed by atoms with Crippen molar-refractivity contribution >= 4 is 23.4 Å². The van der Waals surface area contributed by atoms with E-state index in [2.05, 4.69) is 33.9 Å². The molecule has 0 spiro atoms. The van der Waals surface area contributed by atoms with Crippen molar-refractivity contribution in [3.05, 3.63) is 36.4 Å². The van der Waals surface area contributed by atoms with Crippen LogP contribution in [-0.2, 0) is 0 Å². The van der Waals surface area contributed by atoms with Crippen LogP contribution >= 0.6 is 11.8 Å². The molecule has 0 fully saturated rings. The SMILES string of the molecule is CCC(CSC)Nc1cc(NN)nc(-c2ccccc2)n1. The minimum atomic E-state index is 0.379. The molecular weight excluding hydrogens is 282 g/mol. The third-order valence-electron chi connectivity index (χ3n) is 3.12. The second kappa shape index (κ2) is 7.85. The maximum atomic E-state index is 5.52. The van der Waals surface area contributed by atoms with Crippen LogP contribution in [0.2, 0.25) is 0 Å². The van der Waals surface area contributed by atoms with Crippen molar-refractivity contribution in [1.29, 1.82) is 0 Å². The van der Waals surface area contributed by atoms with Gasteiger partial charge in [-0.15, -0.1) is 0 Å². The van der Waals surface area contributed by atoms with Gasteiger partial charge in [0, 0.05) is 23.4 Å². The summed E-state index contributed by atoms with van der Waals surface area (Å²) in [5.41, 5.74) is 3.57. The molecule has 1 heterocycles. The Balaban J connectivity index is 2.29. The van der Waals surface area contributed by atoms with Gasteiger partial charge in [0.25, 0.3) is 0 Å². The van der Waals surface area contributed by atoms with Gasteiger partial charge in [-0.2, -0.15) is 11.8 Å². The van der Waals surface area contributed by atoms with Crippen molar-refractivity contribution in [2.24, 2.45) is 5.84 Å². The Labute approximate surface area is 129 Å². The van der Waals surface area contributed by atoms with Crippen LogP contribution in [0.3, 0.4) is 0 Å². The summed E-state index contributed by atoms with van der Waals surface area (Å²) in [5.74, 6) is 8.60. The molecule has 1 unspecified atom stereocenters. The Hall–Kier alpha value is -1.79. The monoisotopic (exact) mass is 303 g/mol. The molecule has 0 saturated heterocycles. The Kier molecular flexibility index (Phi) is 5.83. The summed E-state index contributed by atoms with van der Waals surface area (Å²) < 4.78 is 0. The minimum Gasteiger partial charge on any atom is -0.366 e. The van der Waals surface area contributed by atoms with Gasteiger partial charge in [0.1, 0.15) is 11.6 Å². The number of nitrogen functional groups attached to an aromatic ring is 1. The van der Waals surface area contributed by atoms with Crippen LogP contribution in [0.4, 0.5) is 11.6 Å². The Bertz CT molecular complexity index is 561. The van der Waals surface area contributed by atoms with E-state index in [1.165, 1.54) is 0 Å². The van der Waals surface area contributed by atoms with Crippen LogP contribution in [0.25, 0.3) is 11.4 Å². The molecule has 4 N–H and O–H groups in total. The van der Waals surface area contributed by atoms with Gasteiger partial charge in [-0.1, -0.05) is 37.3 Å². The van der Waals surface area contributed by atoms with Gasteiger partial charge in [-0.3, -0.25) is 0 Å². The number of thioether (sulfide) groups is 1. The van der Waals surface area contributed by atoms with Gasteiger partial charge >= 0.3 is 0 Å². The molecule has 0 radical (unpaired) electrons. The largest absolute Gasteiger partial charge is 0.366 e. The molecule has 0 aliphatic carbocycles. The zero-order valence-corrected chi connectivity index (χ0v) is 13.2. The fourth-order valence-electron chi connectivity index (χ4n) is 1.98. The first-order chi connectivity index (χ1) is 10.3. The average molecular weight is 303 g/mol. The quantitative estimate of drug-likeness (QED) is 0.539. The number of anilines is 2. The molecule has 5 nitrogen and oxygen atoms in total. The smallest absolute Gasteiger partial charge is 0.163 e. The van der Waals surface area contributed by atoms with E-state index < -0.39 is 0 Å². The van der Waals surface area contributed by atoms with E-state index in [0.717, 1.165) is 23.6 Å². The normalized spacial score (nSPS) is 12.0. The average Bonchev–Trinajstić information content (AvgIpc) is 2.55. The zero-order chi connectivity index (χ0) is 15.1. The maximum absolute atomic E-state index is 5.52. The number of nitrogens with two attached hydrogens (primary N) is 1. The number of nitrogens with one attached hydrogen (secondary N) is 2. The second-order valence-corrected chi connectivity index (χ2v) is 5.59. The number of benzene rings is 1. The second-order valence-electron chi connectivity index (χ2n) is 4.68. The highest BCUT2D eigenvalue weighted by Crippen LogP contribution is 2.20. The first-order valence-corrected chi connectivity index (χ1v) is 8.32. The first-order valence-electron chi connectivity index (χ1n) is 6.93. The lowest BCUT2D eigenvalue weighted by atomic mass is 10.2. The van der Waals surface area contributed by atoms with Crippen LogP contribution in [0.15, 0.2) is 36.4 Å². The summed E-state index contributed by atoms with van der Waals surface area (Å²) in [4.78, 5) is 9.00. The fourth-order valence-corrected chi connectivity index (χ4v) is 2.70. The number of rotatable bonds is 7. The minimum absolute atomic E-state index is 0.379. The molecule has 112 valence electrons. The van der Waals surface area contributed by atoms with Crippen LogP contribution < -0.4 is 16.6 Å². The van der Waals surface area contributed by atoms with Crippen molar-refractivity contribution < 1.29 is 0 Å². The zero-order valence-electron chi connectivity index (χ0n) is 12.3. The van der Waals surface area contributed by atoms with E-state index in [1.54, 1.807) is 0 Å². The summed E-state index contributed by atoms with van der Waals surface area (Å²) in [7, 11) is 0. The van der Waals surface area contributed by atoms with Crippen molar-refractivity contribution in [3.63, 3.8) is 0 Å². The molecule has 0 aliphatic rings. The summed E-state index contributed by atoms with van der Waals surface area (Å²) in [5, 5.41) is 3.45. The van der Waals surface area contributed by atoms with Crippen LogP contribution in [-0.4, -0.2) is 28.0 Å². The number of hydrazine groups is 1. The first kappa shape index (κ1) is 15.6. The number of nitrogens with zero attached hydrogens (tertiary/aromatic N) is 2. The van der Waals surface area contributed by atoms with Crippen LogP contribution in [0.1, 0.15) is 13.3 Å². The maximum Gasteiger partial charge on any atom is 0.163 e. The van der Waals surface area contributed by atoms with Gasteiger partial charge in [-0.25, -0.2) is 15.8 Å². The van der Waals surface area contributed by atoms with Gasteiger partial charge in [0.15, 0.2) is 5.82 Å². The molecule has 21 heavy (non-hydrogen) atoms. The lowest BCUT2D eigenvalue weighted by molar-refractivity contribution is 0.769. The predicted octanol–water partition coefficient (Wildman–Crippen LogP) is 2.98. The lowest BCUT2D eigenvalue weighted by Crippen LogP contribution is -2.22. The van der Waals surface area contributed by atoms with E-state index >= 15 is 0 Å². The van der Waals surface area contributed by atoms with Gasteiger partial charge in [0.05, 0.1) is 0 Å². The standard InChI is InChI=1S/C15H21N5S/c1-3-12(10-21-2)17-13-9-14(20-16)19-15(18-13)11-7-5-4-6-8-11/h4-9,12H,3,10,16H2,1-2H3,(H2,17,18,19,20). The molecule has 0 saturated carbocycles. The summed E-state index contributed by atoms with van der Waals surface area (Å²) >= 11 is 1.82. The Morgan fingerprint density at radius 3 is 2.52 bits per heavy atom. The fraction of sp³-hybridized carbons (Fsp3) is 0.333. The Morgan fingerprint density at radius 2 is 1.90 bits per heavy atom. The summed E-state index contributed by atoms with van der Waals surface area (Å²) in [6, 6.07) is 12.1. The third-order valence-corrected chi connectivity index (χ3v) is 3.85. The highest BCUT2D eigenvalue weighted by atomic mass is 32.2. The summed E-state index contributed by atoms with van der Waals surface area (Å²) in [6.07, 6.45) is 3.14. The van der Waals surface area contributed by atoms with Crippen LogP contribution in [0.5, 0.6) is 0 Å². The Morgan fingerprint density at radius 1 is 1.19 bits per heavy atom. The van der Waals surface area contributed by atoms with E-state index in [9.17, 15) is 0 Å². The van der Waals surface area contributed by atoms with Gasteiger partial charge in [0.2, 0.25) is 0 Å².